The number of carbonyl (C=O) groups is 2. The van der Waals surface area contributed by atoms with Crippen LogP contribution in [0.5, 0.6) is 0 Å². The molecule has 1 fully saturated rings. The molecule has 3 N–H and O–H groups in total. The molecule has 2 heterocycles. The number of carbonyl (C=O) groups excluding carboxylic acids is 2. The van der Waals surface area contributed by atoms with Crippen LogP contribution in [0.4, 0.5) is 0 Å². The summed E-state index contributed by atoms with van der Waals surface area (Å²) in [6.07, 6.45) is 4.32. The summed E-state index contributed by atoms with van der Waals surface area (Å²) in [5.74, 6) is -0.319. The summed E-state index contributed by atoms with van der Waals surface area (Å²) >= 11 is 0. The lowest BCUT2D eigenvalue weighted by molar-refractivity contribution is 0.0948. The molecule has 28 heavy (non-hydrogen) atoms. The Labute approximate surface area is 161 Å². The topological polar surface area (TPSA) is 96.0 Å². The molecule has 7 heteroatoms. The SMILES string of the molecule is CNC(=O)c1cc(C(=O)N[C@@H]2C[C@H]2C)cn(Cc2cccc3[nH]ccc23)c1=O. The van der Waals surface area contributed by atoms with Crippen molar-refractivity contribution in [3.63, 3.8) is 0 Å². The number of fused-ring (bicyclic) bond motifs is 1. The van der Waals surface area contributed by atoms with Crippen LogP contribution in [0.3, 0.4) is 0 Å². The van der Waals surface area contributed by atoms with Crippen LogP contribution in [0.1, 0.15) is 39.6 Å². The first-order valence-electron chi connectivity index (χ1n) is 9.30. The Kier molecular flexibility index (Phi) is 4.50. The minimum absolute atomic E-state index is 0.0414. The predicted molar refractivity (Wildman–Crippen MR) is 107 cm³/mol. The van der Waals surface area contributed by atoms with Gasteiger partial charge in [-0.2, -0.15) is 0 Å². The molecule has 144 valence electrons. The molecule has 0 saturated heterocycles. The average Bonchev–Trinajstić information content (AvgIpc) is 3.17. The number of hydrogen-bond donors (Lipinski definition) is 3. The fourth-order valence-corrected chi connectivity index (χ4v) is 3.42. The molecule has 1 aliphatic carbocycles. The summed E-state index contributed by atoms with van der Waals surface area (Å²) in [6, 6.07) is 9.27. The maximum absolute atomic E-state index is 12.9. The van der Waals surface area contributed by atoms with E-state index in [1.807, 2.05) is 30.5 Å². The monoisotopic (exact) mass is 378 g/mol. The van der Waals surface area contributed by atoms with Gasteiger partial charge < -0.3 is 20.2 Å². The lowest BCUT2D eigenvalue weighted by atomic mass is 10.1. The summed E-state index contributed by atoms with van der Waals surface area (Å²) in [4.78, 5) is 40.9. The molecule has 2 amide bonds. The van der Waals surface area contributed by atoms with E-state index in [0.717, 1.165) is 22.9 Å². The summed E-state index contributed by atoms with van der Waals surface area (Å²) in [5.41, 5.74) is 1.73. The lowest BCUT2D eigenvalue weighted by Gasteiger charge is -2.12. The van der Waals surface area contributed by atoms with Crippen molar-refractivity contribution in [3.05, 3.63) is 69.8 Å². The molecule has 1 aromatic carbocycles. The van der Waals surface area contributed by atoms with Crippen molar-refractivity contribution >= 4 is 22.7 Å². The van der Waals surface area contributed by atoms with Crippen LogP contribution in [-0.4, -0.2) is 34.5 Å². The molecule has 0 spiro atoms. The molecule has 1 aliphatic rings. The minimum Gasteiger partial charge on any atom is -0.361 e. The van der Waals surface area contributed by atoms with Crippen molar-refractivity contribution in [1.82, 2.24) is 20.2 Å². The molecule has 2 atom stereocenters. The number of nitrogens with one attached hydrogen (secondary N) is 3. The molecular formula is C21H22N4O3. The lowest BCUT2D eigenvalue weighted by Crippen LogP contribution is -2.34. The highest BCUT2D eigenvalue weighted by Crippen LogP contribution is 2.29. The number of pyridine rings is 1. The molecule has 7 nitrogen and oxygen atoms in total. The Morgan fingerprint density at radius 3 is 2.75 bits per heavy atom. The summed E-state index contributed by atoms with van der Waals surface area (Å²) in [5, 5.41) is 6.42. The molecule has 3 aromatic rings. The van der Waals surface area contributed by atoms with E-state index >= 15 is 0 Å². The van der Waals surface area contributed by atoms with Gasteiger partial charge in [-0.3, -0.25) is 14.4 Å². The molecular weight excluding hydrogens is 356 g/mol. The first kappa shape index (κ1) is 18.0. The largest absolute Gasteiger partial charge is 0.361 e. The van der Waals surface area contributed by atoms with E-state index in [1.54, 1.807) is 0 Å². The number of amides is 2. The Balaban J connectivity index is 1.75. The van der Waals surface area contributed by atoms with Crippen molar-refractivity contribution < 1.29 is 9.59 Å². The number of aromatic amines is 1. The number of hydrogen-bond acceptors (Lipinski definition) is 3. The standard InChI is InChI=1S/C21H22N4O3/c1-12-8-18(12)24-19(26)14-9-16(20(27)22-2)21(28)25(11-14)10-13-4-3-5-17-15(13)6-7-23-17/h3-7,9,11-12,18,23H,8,10H2,1-2H3,(H,22,27)(H,24,26)/t12-,18-/m1/s1. The molecule has 1 saturated carbocycles. The van der Waals surface area contributed by atoms with Crippen LogP contribution in [0, 0.1) is 5.92 Å². The third-order valence-corrected chi connectivity index (χ3v) is 5.27. The van der Waals surface area contributed by atoms with Crippen LogP contribution in [-0.2, 0) is 6.54 Å². The van der Waals surface area contributed by atoms with Crippen LogP contribution >= 0.6 is 0 Å². The molecule has 4 rings (SSSR count). The molecule has 0 aliphatic heterocycles. The van der Waals surface area contributed by atoms with Crippen molar-refractivity contribution in [1.29, 1.82) is 0 Å². The minimum atomic E-state index is -0.506. The predicted octanol–water partition coefficient (Wildman–Crippen LogP) is 1.88. The Bertz CT molecular complexity index is 1130. The van der Waals surface area contributed by atoms with Gasteiger partial charge in [0.05, 0.1) is 12.1 Å². The van der Waals surface area contributed by atoms with E-state index in [9.17, 15) is 14.4 Å². The van der Waals surface area contributed by atoms with Gasteiger partial charge in [-0.05, 0) is 36.1 Å². The third kappa shape index (κ3) is 3.31. The number of aromatic nitrogens is 2. The number of rotatable bonds is 5. The van der Waals surface area contributed by atoms with Crippen LogP contribution < -0.4 is 16.2 Å². The van der Waals surface area contributed by atoms with Crippen molar-refractivity contribution in [2.24, 2.45) is 5.92 Å². The molecule has 0 unspecified atom stereocenters. The third-order valence-electron chi connectivity index (χ3n) is 5.27. The zero-order valence-corrected chi connectivity index (χ0v) is 15.8. The fourth-order valence-electron chi connectivity index (χ4n) is 3.42. The zero-order chi connectivity index (χ0) is 19.8. The fraction of sp³-hybridized carbons (Fsp3) is 0.286. The Morgan fingerprint density at radius 2 is 2.04 bits per heavy atom. The second-order valence-electron chi connectivity index (χ2n) is 7.30. The van der Waals surface area contributed by atoms with Crippen LogP contribution in [0.25, 0.3) is 10.9 Å². The highest BCUT2D eigenvalue weighted by Gasteiger charge is 2.34. The highest BCUT2D eigenvalue weighted by atomic mass is 16.2. The van der Waals surface area contributed by atoms with Crippen molar-refractivity contribution in [2.45, 2.75) is 25.9 Å². The Morgan fingerprint density at radius 1 is 1.25 bits per heavy atom. The molecule has 0 bridgehead atoms. The molecule has 2 aromatic heterocycles. The summed E-state index contributed by atoms with van der Waals surface area (Å²) in [6.45, 7) is 2.33. The first-order valence-corrected chi connectivity index (χ1v) is 9.30. The van der Waals surface area contributed by atoms with Gasteiger partial charge >= 0.3 is 0 Å². The van der Waals surface area contributed by atoms with E-state index in [1.165, 1.54) is 23.9 Å². The maximum Gasteiger partial charge on any atom is 0.263 e. The van der Waals surface area contributed by atoms with Crippen molar-refractivity contribution in [2.75, 3.05) is 7.05 Å². The van der Waals surface area contributed by atoms with Gasteiger partial charge in [0.25, 0.3) is 17.4 Å². The van der Waals surface area contributed by atoms with E-state index in [4.69, 9.17) is 0 Å². The van der Waals surface area contributed by atoms with Crippen molar-refractivity contribution in [3.8, 4) is 0 Å². The van der Waals surface area contributed by atoms with Gasteiger partial charge in [0.15, 0.2) is 0 Å². The van der Waals surface area contributed by atoms with E-state index in [0.29, 0.717) is 11.5 Å². The first-order chi connectivity index (χ1) is 13.5. The number of nitrogens with zero attached hydrogens (tertiary/aromatic N) is 1. The number of H-pyrrole nitrogens is 1. The second kappa shape index (κ2) is 6.99. The maximum atomic E-state index is 12.9. The normalized spacial score (nSPS) is 18.1. The Hall–Kier alpha value is -3.35. The number of benzene rings is 1. The van der Waals surface area contributed by atoms with Gasteiger partial charge in [-0.15, -0.1) is 0 Å². The van der Waals surface area contributed by atoms with Crippen LogP contribution in [0.2, 0.25) is 0 Å². The quantitative estimate of drug-likeness (QED) is 0.632. The zero-order valence-electron chi connectivity index (χ0n) is 15.8. The smallest absolute Gasteiger partial charge is 0.263 e. The second-order valence-corrected chi connectivity index (χ2v) is 7.30. The van der Waals surface area contributed by atoms with E-state index in [-0.39, 0.29) is 24.1 Å². The molecule has 0 radical (unpaired) electrons. The van der Waals surface area contributed by atoms with Gasteiger partial charge in [-0.1, -0.05) is 19.1 Å². The van der Waals surface area contributed by atoms with Gasteiger partial charge in [-0.25, -0.2) is 0 Å². The van der Waals surface area contributed by atoms with Crippen LogP contribution in [0.15, 0.2) is 47.5 Å². The van der Waals surface area contributed by atoms with Gasteiger partial charge in [0.1, 0.15) is 5.56 Å². The van der Waals surface area contributed by atoms with E-state index in [2.05, 4.69) is 22.5 Å². The van der Waals surface area contributed by atoms with Gasteiger partial charge in [0, 0.05) is 36.4 Å². The summed E-state index contributed by atoms with van der Waals surface area (Å²) < 4.78 is 1.43. The highest BCUT2D eigenvalue weighted by molar-refractivity contribution is 5.99. The van der Waals surface area contributed by atoms with E-state index < -0.39 is 11.5 Å². The average molecular weight is 378 g/mol. The summed E-state index contributed by atoms with van der Waals surface area (Å²) in [7, 11) is 1.46. The van der Waals surface area contributed by atoms with Gasteiger partial charge in [0.2, 0.25) is 0 Å².